The van der Waals surface area contributed by atoms with E-state index in [0.29, 0.717) is 18.5 Å². The first-order valence-electron chi connectivity index (χ1n) is 6.16. The van der Waals surface area contributed by atoms with E-state index in [1.54, 1.807) is 6.07 Å². The highest BCUT2D eigenvalue weighted by Crippen LogP contribution is 2.25. The van der Waals surface area contributed by atoms with E-state index >= 15 is 0 Å². The molecule has 0 aliphatic heterocycles. The number of hydrogen-bond donors (Lipinski definition) is 2. The first-order valence-corrected chi connectivity index (χ1v) is 6.16. The van der Waals surface area contributed by atoms with Crippen molar-refractivity contribution in [3.63, 3.8) is 0 Å². The normalized spacial score (nSPS) is 11.9. The quantitative estimate of drug-likeness (QED) is 0.326. The predicted molar refractivity (Wildman–Crippen MR) is 72.5 cm³/mol. The molecule has 2 N–H and O–H groups in total. The molecule has 1 aromatic rings. The Kier molecular flexibility index (Phi) is 5.95. The molecular weight excluding hydrogens is 248 g/mol. The van der Waals surface area contributed by atoms with Gasteiger partial charge in [0.05, 0.1) is 4.92 Å². The number of aliphatic hydroxyl groups is 1. The van der Waals surface area contributed by atoms with Gasteiger partial charge in [-0.05, 0) is 30.9 Å². The smallest absolute Gasteiger partial charge is 0.293 e. The zero-order valence-electron chi connectivity index (χ0n) is 10.8. The Morgan fingerprint density at radius 3 is 2.84 bits per heavy atom. The molecule has 0 saturated heterocycles. The van der Waals surface area contributed by atoms with Gasteiger partial charge in [-0.25, -0.2) is 0 Å². The Labute approximate surface area is 111 Å². The van der Waals surface area contributed by atoms with E-state index in [-0.39, 0.29) is 23.8 Å². The molecule has 0 aliphatic rings. The summed E-state index contributed by atoms with van der Waals surface area (Å²) >= 11 is 0. The van der Waals surface area contributed by atoms with E-state index in [1.165, 1.54) is 12.1 Å². The topological polar surface area (TPSA) is 92.5 Å². The fourth-order valence-electron chi connectivity index (χ4n) is 1.69. The maximum absolute atomic E-state index is 10.9. The Bertz CT molecular complexity index is 448. The highest BCUT2D eigenvalue weighted by atomic mass is 16.6. The molecule has 1 unspecified atom stereocenters. The largest absolute Gasteiger partial charge is 0.396 e. The lowest BCUT2D eigenvalue weighted by Gasteiger charge is -2.09. The minimum Gasteiger partial charge on any atom is -0.396 e. The number of nitro groups is 1. The Balaban J connectivity index is 2.62. The van der Waals surface area contributed by atoms with E-state index in [4.69, 9.17) is 5.11 Å². The van der Waals surface area contributed by atoms with Crippen molar-refractivity contribution < 1.29 is 14.8 Å². The van der Waals surface area contributed by atoms with Gasteiger partial charge in [-0.1, -0.05) is 6.92 Å². The minimum absolute atomic E-state index is 0.0974. The molecule has 0 fully saturated rings. The number of anilines is 1. The number of hydrogen-bond acceptors (Lipinski definition) is 5. The third-order valence-corrected chi connectivity index (χ3v) is 2.86. The van der Waals surface area contributed by atoms with E-state index in [0.717, 1.165) is 12.8 Å². The molecule has 1 atom stereocenters. The molecule has 0 bridgehead atoms. The second kappa shape index (κ2) is 7.48. The van der Waals surface area contributed by atoms with Gasteiger partial charge in [-0.15, -0.1) is 0 Å². The van der Waals surface area contributed by atoms with Crippen LogP contribution in [0.2, 0.25) is 0 Å². The van der Waals surface area contributed by atoms with Gasteiger partial charge in [0.2, 0.25) is 0 Å². The van der Waals surface area contributed by atoms with Gasteiger partial charge in [0.15, 0.2) is 0 Å². The van der Waals surface area contributed by atoms with Gasteiger partial charge in [0.1, 0.15) is 12.0 Å². The predicted octanol–water partition coefficient (Wildman–Crippen LogP) is 2.23. The standard InChI is InChI=1S/C13H18N2O4/c1-10(8-16)3-2-6-14-12-5-4-11(9-17)7-13(12)15(18)19/h4-5,7,9-10,14,16H,2-3,6,8H2,1H3. The SMILES string of the molecule is CC(CO)CCCNc1ccc(C=O)cc1[N+](=O)[O-]. The fraction of sp³-hybridized carbons (Fsp3) is 0.462. The second-order valence-electron chi connectivity index (χ2n) is 4.51. The summed E-state index contributed by atoms with van der Waals surface area (Å²) < 4.78 is 0. The van der Waals surface area contributed by atoms with Crippen LogP contribution in [0.4, 0.5) is 11.4 Å². The van der Waals surface area contributed by atoms with E-state index in [9.17, 15) is 14.9 Å². The lowest BCUT2D eigenvalue weighted by atomic mass is 10.1. The molecule has 0 aromatic heterocycles. The van der Waals surface area contributed by atoms with Gasteiger partial charge in [-0.3, -0.25) is 14.9 Å². The number of aliphatic hydroxyl groups excluding tert-OH is 1. The third-order valence-electron chi connectivity index (χ3n) is 2.86. The number of aldehydes is 1. The van der Waals surface area contributed by atoms with Crippen LogP contribution < -0.4 is 5.32 Å². The lowest BCUT2D eigenvalue weighted by Crippen LogP contribution is -2.08. The van der Waals surface area contributed by atoms with Gasteiger partial charge in [0.25, 0.3) is 5.69 Å². The monoisotopic (exact) mass is 266 g/mol. The molecule has 104 valence electrons. The van der Waals surface area contributed by atoms with Crippen LogP contribution in [0.1, 0.15) is 30.1 Å². The average Bonchev–Trinajstić information content (AvgIpc) is 2.43. The lowest BCUT2D eigenvalue weighted by molar-refractivity contribution is -0.384. The second-order valence-corrected chi connectivity index (χ2v) is 4.51. The summed E-state index contributed by atoms with van der Waals surface area (Å²) in [6, 6.07) is 4.34. The summed E-state index contributed by atoms with van der Waals surface area (Å²) in [4.78, 5) is 21.0. The zero-order chi connectivity index (χ0) is 14.3. The molecule has 0 spiro atoms. The van der Waals surface area contributed by atoms with Crippen LogP contribution in [0, 0.1) is 16.0 Å². The van der Waals surface area contributed by atoms with Crippen molar-refractivity contribution in [3.8, 4) is 0 Å². The summed E-state index contributed by atoms with van der Waals surface area (Å²) in [6.45, 7) is 2.68. The summed E-state index contributed by atoms with van der Waals surface area (Å²) in [5.74, 6) is 0.231. The maximum atomic E-state index is 10.9. The zero-order valence-corrected chi connectivity index (χ0v) is 10.8. The third kappa shape index (κ3) is 4.67. The fourth-order valence-corrected chi connectivity index (χ4v) is 1.69. The van der Waals surface area contributed by atoms with Crippen LogP contribution in [-0.2, 0) is 0 Å². The molecule has 1 rings (SSSR count). The van der Waals surface area contributed by atoms with E-state index < -0.39 is 4.92 Å². The Morgan fingerprint density at radius 1 is 1.53 bits per heavy atom. The van der Waals surface area contributed by atoms with Crippen molar-refractivity contribution >= 4 is 17.7 Å². The van der Waals surface area contributed by atoms with Gasteiger partial charge < -0.3 is 10.4 Å². The van der Waals surface area contributed by atoms with Crippen molar-refractivity contribution in [1.29, 1.82) is 0 Å². The summed E-state index contributed by atoms with van der Waals surface area (Å²) in [5.41, 5.74) is 0.596. The van der Waals surface area contributed by atoms with Crippen LogP contribution in [0.25, 0.3) is 0 Å². The van der Waals surface area contributed by atoms with Crippen LogP contribution >= 0.6 is 0 Å². The van der Waals surface area contributed by atoms with Crippen molar-refractivity contribution in [2.24, 2.45) is 5.92 Å². The highest BCUT2D eigenvalue weighted by Gasteiger charge is 2.14. The van der Waals surface area contributed by atoms with Crippen LogP contribution in [0.3, 0.4) is 0 Å². The van der Waals surface area contributed by atoms with Crippen molar-refractivity contribution in [2.75, 3.05) is 18.5 Å². The maximum Gasteiger partial charge on any atom is 0.293 e. The molecule has 6 heteroatoms. The van der Waals surface area contributed by atoms with Crippen molar-refractivity contribution in [3.05, 3.63) is 33.9 Å². The molecule has 19 heavy (non-hydrogen) atoms. The molecular formula is C13H18N2O4. The number of rotatable bonds is 8. The molecule has 0 aliphatic carbocycles. The highest BCUT2D eigenvalue weighted by molar-refractivity contribution is 5.79. The van der Waals surface area contributed by atoms with Crippen LogP contribution in [-0.4, -0.2) is 29.5 Å². The van der Waals surface area contributed by atoms with Gasteiger partial charge in [0, 0.05) is 24.8 Å². The van der Waals surface area contributed by atoms with E-state index in [1.807, 2.05) is 6.92 Å². The van der Waals surface area contributed by atoms with Gasteiger partial charge >= 0.3 is 0 Å². The number of carbonyl (C=O) groups is 1. The van der Waals surface area contributed by atoms with Crippen LogP contribution in [0.15, 0.2) is 18.2 Å². The summed E-state index contributed by atoms with van der Waals surface area (Å²) in [7, 11) is 0. The van der Waals surface area contributed by atoms with Crippen molar-refractivity contribution in [2.45, 2.75) is 19.8 Å². The number of carbonyl (C=O) groups excluding carboxylic acids is 1. The van der Waals surface area contributed by atoms with Gasteiger partial charge in [-0.2, -0.15) is 0 Å². The number of benzene rings is 1. The van der Waals surface area contributed by atoms with Crippen LogP contribution in [0.5, 0.6) is 0 Å². The molecule has 6 nitrogen and oxygen atoms in total. The molecule has 0 heterocycles. The van der Waals surface area contributed by atoms with Crippen molar-refractivity contribution in [1.82, 2.24) is 0 Å². The number of nitro benzene ring substituents is 1. The minimum atomic E-state index is -0.508. The molecule has 1 aromatic carbocycles. The molecule has 0 saturated carbocycles. The first kappa shape index (κ1) is 15.1. The Hall–Kier alpha value is -1.95. The molecule has 0 amide bonds. The number of nitrogens with one attached hydrogen (secondary N) is 1. The average molecular weight is 266 g/mol. The summed E-state index contributed by atoms with van der Waals surface area (Å²) in [6.07, 6.45) is 2.25. The number of nitrogens with zero attached hydrogens (tertiary/aromatic N) is 1. The van der Waals surface area contributed by atoms with E-state index in [2.05, 4.69) is 5.32 Å². The first-order chi connectivity index (χ1) is 9.08. The summed E-state index contributed by atoms with van der Waals surface area (Å²) in [5, 5.41) is 22.8. The molecule has 0 radical (unpaired) electrons. The Morgan fingerprint density at radius 2 is 2.26 bits per heavy atom.